The zero-order valence-corrected chi connectivity index (χ0v) is 7.79. The van der Waals surface area contributed by atoms with Gasteiger partial charge in [0.15, 0.2) is 0 Å². The molecule has 0 radical (unpaired) electrons. The quantitative estimate of drug-likeness (QED) is 0.656. The number of nitrogens with two attached hydrogens (primary N) is 1. The maximum absolute atomic E-state index is 5.60. The SMILES string of the molecule is Nc1cc2c(nn1)CCCCCC2. The van der Waals surface area contributed by atoms with E-state index in [2.05, 4.69) is 10.2 Å². The number of fused-ring (bicyclic) bond motifs is 1. The lowest BCUT2D eigenvalue weighted by Gasteiger charge is -2.11. The molecule has 1 aromatic rings. The van der Waals surface area contributed by atoms with E-state index in [9.17, 15) is 0 Å². The van der Waals surface area contributed by atoms with Crippen molar-refractivity contribution < 1.29 is 0 Å². The van der Waals surface area contributed by atoms with E-state index in [0.29, 0.717) is 5.82 Å². The first-order chi connectivity index (χ1) is 6.36. The molecular weight excluding hydrogens is 162 g/mol. The maximum Gasteiger partial charge on any atom is 0.146 e. The number of aromatic nitrogens is 2. The largest absolute Gasteiger partial charge is 0.382 e. The second-order valence-corrected chi connectivity index (χ2v) is 3.66. The standard InChI is InChI=1S/C10H15N3/c11-10-7-8-5-3-1-2-4-6-9(8)12-13-10/h7H,1-6H2,(H2,11,13). The van der Waals surface area contributed by atoms with Crippen LogP contribution in [0.25, 0.3) is 0 Å². The second-order valence-electron chi connectivity index (χ2n) is 3.66. The highest BCUT2D eigenvalue weighted by molar-refractivity contribution is 5.33. The number of nitrogens with zero attached hydrogens (tertiary/aromatic N) is 2. The molecular formula is C10H15N3. The van der Waals surface area contributed by atoms with Crippen LogP contribution in [0.4, 0.5) is 5.82 Å². The van der Waals surface area contributed by atoms with Gasteiger partial charge in [0.05, 0.1) is 5.69 Å². The van der Waals surface area contributed by atoms with Crippen LogP contribution in [0, 0.1) is 0 Å². The summed E-state index contributed by atoms with van der Waals surface area (Å²) >= 11 is 0. The molecule has 1 aliphatic rings. The number of nitrogen functional groups attached to an aromatic ring is 1. The van der Waals surface area contributed by atoms with Gasteiger partial charge in [-0.3, -0.25) is 0 Å². The number of rotatable bonds is 0. The third-order valence-electron chi connectivity index (χ3n) is 2.59. The summed E-state index contributed by atoms with van der Waals surface area (Å²) in [6.45, 7) is 0. The third-order valence-corrected chi connectivity index (χ3v) is 2.59. The molecule has 13 heavy (non-hydrogen) atoms. The average molecular weight is 177 g/mol. The minimum absolute atomic E-state index is 0.555. The molecule has 2 N–H and O–H groups in total. The number of aryl methyl sites for hydroxylation is 2. The molecule has 3 heteroatoms. The Hall–Kier alpha value is -1.12. The first-order valence-electron chi connectivity index (χ1n) is 4.97. The van der Waals surface area contributed by atoms with Crippen LogP contribution in [0.5, 0.6) is 0 Å². The fourth-order valence-corrected chi connectivity index (χ4v) is 1.86. The van der Waals surface area contributed by atoms with Crippen molar-refractivity contribution in [3.63, 3.8) is 0 Å². The fourth-order valence-electron chi connectivity index (χ4n) is 1.86. The zero-order valence-electron chi connectivity index (χ0n) is 7.79. The van der Waals surface area contributed by atoms with Gasteiger partial charge in [-0.2, -0.15) is 5.10 Å². The molecule has 2 rings (SSSR count). The topological polar surface area (TPSA) is 51.8 Å². The second kappa shape index (κ2) is 3.73. The van der Waals surface area contributed by atoms with Crippen molar-refractivity contribution in [3.8, 4) is 0 Å². The van der Waals surface area contributed by atoms with E-state index in [4.69, 9.17) is 5.73 Å². The molecule has 70 valence electrons. The van der Waals surface area contributed by atoms with E-state index in [1.54, 1.807) is 0 Å². The summed E-state index contributed by atoms with van der Waals surface area (Å²) in [4.78, 5) is 0. The highest BCUT2D eigenvalue weighted by Crippen LogP contribution is 2.18. The summed E-state index contributed by atoms with van der Waals surface area (Å²) in [5.41, 5.74) is 8.07. The molecule has 3 nitrogen and oxygen atoms in total. The van der Waals surface area contributed by atoms with Crippen LogP contribution in [-0.2, 0) is 12.8 Å². The number of hydrogen-bond donors (Lipinski definition) is 1. The lowest BCUT2D eigenvalue weighted by atomic mass is 9.98. The Bertz CT molecular complexity index is 296. The summed E-state index contributed by atoms with van der Waals surface area (Å²) in [5, 5.41) is 8.04. The van der Waals surface area contributed by atoms with Gasteiger partial charge in [0.2, 0.25) is 0 Å². The molecule has 1 heterocycles. The molecule has 0 atom stereocenters. The van der Waals surface area contributed by atoms with Crippen molar-refractivity contribution in [2.24, 2.45) is 0 Å². The highest BCUT2D eigenvalue weighted by atomic mass is 15.1. The summed E-state index contributed by atoms with van der Waals surface area (Å²) in [7, 11) is 0. The predicted molar refractivity (Wildman–Crippen MR) is 52.3 cm³/mol. The molecule has 1 aromatic heterocycles. The Morgan fingerprint density at radius 3 is 2.62 bits per heavy atom. The average Bonchev–Trinajstić information content (AvgIpc) is 2.08. The van der Waals surface area contributed by atoms with Gasteiger partial charge in [-0.25, -0.2) is 0 Å². The van der Waals surface area contributed by atoms with Gasteiger partial charge >= 0.3 is 0 Å². The molecule has 0 unspecified atom stereocenters. The van der Waals surface area contributed by atoms with Crippen LogP contribution in [0.1, 0.15) is 36.9 Å². The minimum atomic E-state index is 0.555. The van der Waals surface area contributed by atoms with E-state index in [0.717, 1.165) is 18.5 Å². The number of hydrogen-bond acceptors (Lipinski definition) is 3. The lowest BCUT2D eigenvalue weighted by Crippen LogP contribution is -2.06. The van der Waals surface area contributed by atoms with Gasteiger partial charge in [0, 0.05) is 0 Å². The van der Waals surface area contributed by atoms with E-state index >= 15 is 0 Å². The Labute approximate surface area is 78.4 Å². The number of anilines is 1. The van der Waals surface area contributed by atoms with E-state index in [1.165, 1.54) is 31.2 Å². The Balaban J connectivity index is 2.28. The monoisotopic (exact) mass is 177 g/mol. The predicted octanol–water partition coefficient (Wildman–Crippen LogP) is 1.72. The van der Waals surface area contributed by atoms with Crippen molar-refractivity contribution >= 4 is 5.82 Å². The first kappa shape index (κ1) is 8.48. The summed E-state index contributed by atoms with van der Waals surface area (Å²) < 4.78 is 0. The van der Waals surface area contributed by atoms with Gasteiger partial charge in [0.1, 0.15) is 5.82 Å². The zero-order chi connectivity index (χ0) is 9.10. The van der Waals surface area contributed by atoms with Crippen molar-refractivity contribution in [2.45, 2.75) is 38.5 Å². The lowest BCUT2D eigenvalue weighted by molar-refractivity contribution is 0.603. The van der Waals surface area contributed by atoms with Gasteiger partial charge in [-0.1, -0.05) is 12.8 Å². The molecule has 0 bridgehead atoms. The fraction of sp³-hybridized carbons (Fsp3) is 0.600. The van der Waals surface area contributed by atoms with E-state index < -0.39 is 0 Å². The van der Waals surface area contributed by atoms with E-state index in [1.807, 2.05) is 6.07 Å². The van der Waals surface area contributed by atoms with Gasteiger partial charge in [-0.15, -0.1) is 5.10 Å². The molecule has 0 saturated carbocycles. The van der Waals surface area contributed by atoms with Crippen molar-refractivity contribution in [3.05, 3.63) is 17.3 Å². The molecule has 0 aliphatic heterocycles. The van der Waals surface area contributed by atoms with E-state index in [-0.39, 0.29) is 0 Å². The van der Waals surface area contributed by atoms with Gasteiger partial charge < -0.3 is 5.73 Å². The van der Waals surface area contributed by atoms with Crippen LogP contribution in [0.3, 0.4) is 0 Å². The smallest absolute Gasteiger partial charge is 0.146 e. The van der Waals surface area contributed by atoms with Crippen LogP contribution in [-0.4, -0.2) is 10.2 Å². The van der Waals surface area contributed by atoms with Crippen molar-refractivity contribution in [1.29, 1.82) is 0 Å². The molecule has 0 saturated heterocycles. The van der Waals surface area contributed by atoms with Crippen LogP contribution in [0.2, 0.25) is 0 Å². The highest BCUT2D eigenvalue weighted by Gasteiger charge is 2.08. The van der Waals surface area contributed by atoms with Crippen LogP contribution in [0.15, 0.2) is 6.07 Å². The van der Waals surface area contributed by atoms with Gasteiger partial charge in [0.25, 0.3) is 0 Å². The molecule has 0 fully saturated rings. The summed E-state index contributed by atoms with van der Waals surface area (Å²) in [6.07, 6.45) is 7.36. The molecule has 0 aromatic carbocycles. The normalized spacial score (nSPS) is 17.2. The minimum Gasteiger partial charge on any atom is -0.382 e. The van der Waals surface area contributed by atoms with Crippen molar-refractivity contribution in [1.82, 2.24) is 10.2 Å². The summed E-state index contributed by atoms with van der Waals surface area (Å²) in [6, 6.07) is 1.98. The maximum atomic E-state index is 5.60. The third kappa shape index (κ3) is 1.97. The molecule has 0 spiro atoms. The molecule has 1 aliphatic carbocycles. The van der Waals surface area contributed by atoms with Crippen molar-refractivity contribution in [2.75, 3.05) is 5.73 Å². The Kier molecular flexibility index (Phi) is 2.43. The molecule has 0 amide bonds. The summed E-state index contributed by atoms with van der Waals surface area (Å²) in [5.74, 6) is 0.555. The Morgan fingerprint density at radius 1 is 1.00 bits per heavy atom. The van der Waals surface area contributed by atoms with Crippen LogP contribution >= 0.6 is 0 Å². The first-order valence-corrected chi connectivity index (χ1v) is 4.97. The van der Waals surface area contributed by atoms with Crippen LogP contribution < -0.4 is 5.73 Å². The van der Waals surface area contributed by atoms with Gasteiger partial charge in [-0.05, 0) is 37.3 Å². The Morgan fingerprint density at radius 2 is 1.77 bits per heavy atom.